The number of rotatable bonds is 7. The number of H-pyrrole nitrogens is 1. The van der Waals surface area contributed by atoms with Crippen LogP contribution in [-0.2, 0) is 13.0 Å². The molecular formula is C26H29N5O2. The first-order valence-electron chi connectivity index (χ1n) is 11.3. The number of aryl methyl sites for hydroxylation is 2. The molecule has 0 aliphatic rings. The van der Waals surface area contributed by atoms with Gasteiger partial charge in [0.1, 0.15) is 0 Å². The summed E-state index contributed by atoms with van der Waals surface area (Å²) < 4.78 is 1.82. The highest BCUT2D eigenvalue weighted by Gasteiger charge is 2.19. The summed E-state index contributed by atoms with van der Waals surface area (Å²) in [5, 5.41) is 8.12. The third-order valence-corrected chi connectivity index (χ3v) is 5.68. The SMILES string of the molecule is CCCc1cc(C)[nH]c(=O)c1CNC(=O)c1cc(-c2ccccc2)nc2c1cnn2C(C)C. The lowest BCUT2D eigenvalue weighted by Crippen LogP contribution is -2.28. The van der Waals surface area contributed by atoms with E-state index in [0.717, 1.165) is 29.7 Å². The molecular weight excluding hydrogens is 414 g/mol. The second kappa shape index (κ2) is 9.40. The van der Waals surface area contributed by atoms with Crippen molar-refractivity contribution in [3.63, 3.8) is 0 Å². The summed E-state index contributed by atoms with van der Waals surface area (Å²) in [6, 6.07) is 13.6. The maximum Gasteiger partial charge on any atom is 0.253 e. The fraction of sp³-hybridized carbons (Fsp3) is 0.308. The summed E-state index contributed by atoms with van der Waals surface area (Å²) in [6.45, 7) is 8.16. The van der Waals surface area contributed by atoms with E-state index in [4.69, 9.17) is 4.98 Å². The van der Waals surface area contributed by atoms with E-state index < -0.39 is 0 Å². The number of carbonyl (C=O) groups is 1. The van der Waals surface area contributed by atoms with E-state index in [9.17, 15) is 9.59 Å². The van der Waals surface area contributed by atoms with Crippen molar-refractivity contribution in [2.24, 2.45) is 0 Å². The van der Waals surface area contributed by atoms with Crippen molar-refractivity contribution in [3.05, 3.63) is 81.4 Å². The lowest BCUT2D eigenvalue weighted by molar-refractivity contribution is 0.0952. The predicted molar refractivity (Wildman–Crippen MR) is 130 cm³/mol. The number of fused-ring (bicyclic) bond motifs is 1. The summed E-state index contributed by atoms with van der Waals surface area (Å²) >= 11 is 0. The lowest BCUT2D eigenvalue weighted by Gasteiger charge is -2.13. The number of nitrogens with zero attached hydrogens (tertiary/aromatic N) is 3. The van der Waals surface area contributed by atoms with E-state index >= 15 is 0 Å². The Morgan fingerprint density at radius 1 is 1.18 bits per heavy atom. The van der Waals surface area contributed by atoms with E-state index in [1.165, 1.54) is 0 Å². The van der Waals surface area contributed by atoms with Gasteiger partial charge in [-0.1, -0.05) is 43.7 Å². The van der Waals surface area contributed by atoms with Crippen LogP contribution in [0.1, 0.15) is 60.4 Å². The Morgan fingerprint density at radius 3 is 2.64 bits per heavy atom. The van der Waals surface area contributed by atoms with Crippen molar-refractivity contribution in [2.75, 3.05) is 0 Å². The fourth-order valence-corrected chi connectivity index (χ4v) is 4.08. The van der Waals surface area contributed by atoms with Crippen molar-refractivity contribution in [1.29, 1.82) is 0 Å². The minimum Gasteiger partial charge on any atom is -0.348 e. The zero-order chi connectivity index (χ0) is 23.5. The number of carbonyl (C=O) groups excluding carboxylic acids is 1. The van der Waals surface area contributed by atoms with Crippen molar-refractivity contribution in [2.45, 2.75) is 53.1 Å². The number of amides is 1. The van der Waals surface area contributed by atoms with Gasteiger partial charge in [0.25, 0.3) is 11.5 Å². The summed E-state index contributed by atoms with van der Waals surface area (Å²) in [6.07, 6.45) is 3.39. The first-order chi connectivity index (χ1) is 15.9. The number of pyridine rings is 2. The molecule has 0 unspecified atom stereocenters. The molecule has 1 amide bonds. The summed E-state index contributed by atoms with van der Waals surface area (Å²) in [4.78, 5) is 33.6. The van der Waals surface area contributed by atoms with E-state index in [0.29, 0.717) is 27.9 Å². The van der Waals surface area contributed by atoms with Gasteiger partial charge in [-0.15, -0.1) is 0 Å². The Hall–Kier alpha value is -3.74. The van der Waals surface area contributed by atoms with Crippen LogP contribution < -0.4 is 10.9 Å². The predicted octanol–water partition coefficient (Wildman–Crippen LogP) is 4.56. The van der Waals surface area contributed by atoms with Crippen LogP contribution in [0.5, 0.6) is 0 Å². The van der Waals surface area contributed by atoms with Crippen LogP contribution in [0.15, 0.2) is 53.5 Å². The molecule has 0 aliphatic heterocycles. The second-order valence-corrected chi connectivity index (χ2v) is 8.56. The van der Waals surface area contributed by atoms with Crippen LogP contribution in [0.25, 0.3) is 22.3 Å². The molecule has 0 fully saturated rings. The molecule has 3 heterocycles. The molecule has 0 bridgehead atoms. The Kier molecular flexibility index (Phi) is 6.40. The molecule has 7 heteroatoms. The molecule has 170 valence electrons. The largest absolute Gasteiger partial charge is 0.348 e. The maximum atomic E-state index is 13.4. The van der Waals surface area contributed by atoms with Gasteiger partial charge >= 0.3 is 0 Å². The van der Waals surface area contributed by atoms with E-state index in [1.54, 1.807) is 12.3 Å². The van der Waals surface area contributed by atoms with Gasteiger partial charge in [0.05, 0.1) is 22.8 Å². The van der Waals surface area contributed by atoms with Crippen molar-refractivity contribution < 1.29 is 4.79 Å². The molecule has 0 spiro atoms. The first kappa shape index (κ1) is 22.5. The number of aromatic nitrogens is 4. The smallest absolute Gasteiger partial charge is 0.253 e. The highest BCUT2D eigenvalue weighted by atomic mass is 16.1. The molecule has 0 radical (unpaired) electrons. The lowest BCUT2D eigenvalue weighted by atomic mass is 10.0. The zero-order valence-electron chi connectivity index (χ0n) is 19.5. The number of hydrogen-bond donors (Lipinski definition) is 2. The van der Waals surface area contributed by atoms with Crippen molar-refractivity contribution in [1.82, 2.24) is 25.1 Å². The molecule has 0 atom stereocenters. The fourth-order valence-electron chi connectivity index (χ4n) is 4.08. The van der Waals surface area contributed by atoms with Gasteiger partial charge in [-0.25, -0.2) is 9.67 Å². The third-order valence-electron chi connectivity index (χ3n) is 5.68. The molecule has 33 heavy (non-hydrogen) atoms. The maximum absolute atomic E-state index is 13.4. The number of hydrogen-bond acceptors (Lipinski definition) is 4. The van der Waals surface area contributed by atoms with E-state index in [2.05, 4.69) is 22.3 Å². The number of benzene rings is 1. The second-order valence-electron chi connectivity index (χ2n) is 8.56. The zero-order valence-corrected chi connectivity index (χ0v) is 19.5. The average molecular weight is 444 g/mol. The molecule has 2 N–H and O–H groups in total. The van der Waals surface area contributed by atoms with Crippen LogP contribution >= 0.6 is 0 Å². The van der Waals surface area contributed by atoms with Crippen LogP contribution in [0.3, 0.4) is 0 Å². The van der Waals surface area contributed by atoms with Gasteiger partial charge in [0.2, 0.25) is 0 Å². The van der Waals surface area contributed by atoms with Crippen LogP contribution in [0.4, 0.5) is 0 Å². The van der Waals surface area contributed by atoms with E-state index in [1.807, 2.05) is 61.9 Å². The van der Waals surface area contributed by atoms with E-state index in [-0.39, 0.29) is 24.1 Å². The Balaban J connectivity index is 1.74. The van der Waals surface area contributed by atoms with Crippen LogP contribution in [0, 0.1) is 6.92 Å². The normalized spacial score (nSPS) is 11.3. The number of nitrogens with one attached hydrogen (secondary N) is 2. The third kappa shape index (κ3) is 4.58. The van der Waals surface area contributed by atoms with Crippen LogP contribution in [0.2, 0.25) is 0 Å². The van der Waals surface area contributed by atoms with Gasteiger partial charge in [0, 0.05) is 29.4 Å². The average Bonchev–Trinajstić information content (AvgIpc) is 3.23. The molecule has 4 rings (SSSR count). The van der Waals surface area contributed by atoms with Gasteiger partial charge in [-0.05, 0) is 44.9 Å². The molecule has 1 aromatic carbocycles. The quantitative estimate of drug-likeness (QED) is 0.438. The molecule has 0 aliphatic carbocycles. The van der Waals surface area contributed by atoms with Gasteiger partial charge < -0.3 is 10.3 Å². The molecule has 0 saturated carbocycles. The van der Waals surface area contributed by atoms with Gasteiger partial charge in [-0.2, -0.15) is 5.10 Å². The topological polar surface area (TPSA) is 92.7 Å². The van der Waals surface area contributed by atoms with Gasteiger partial charge in [-0.3, -0.25) is 9.59 Å². The number of aromatic amines is 1. The Labute approximate surface area is 192 Å². The first-order valence-corrected chi connectivity index (χ1v) is 11.3. The molecule has 3 aromatic heterocycles. The highest BCUT2D eigenvalue weighted by molar-refractivity contribution is 6.06. The summed E-state index contributed by atoms with van der Waals surface area (Å²) in [5.41, 5.74) is 5.02. The summed E-state index contributed by atoms with van der Waals surface area (Å²) in [5.74, 6) is -0.259. The molecule has 7 nitrogen and oxygen atoms in total. The van der Waals surface area contributed by atoms with Crippen LogP contribution in [-0.4, -0.2) is 25.7 Å². The minimum atomic E-state index is -0.259. The van der Waals surface area contributed by atoms with Crippen molar-refractivity contribution in [3.8, 4) is 11.3 Å². The Morgan fingerprint density at radius 2 is 1.94 bits per heavy atom. The van der Waals surface area contributed by atoms with Crippen molar-refractivity contribution >= 4 is 16.9 Å². The molecule has 0 saturated heterocycles. The van der Waals surface area contributed by atoms with Gasteiger partial charge in [0.15, 0.2) is 5.65 Å². The highest BCUT2D eigenvalue weighted by Crippen LogP contribution is 2.26. The monoisotopic (exact) mass is 443 g/mol. The standard InChI is InChI=1S/C26H29N5O2/c1-5-9-19-12-17(4)29-26(33)21(19)14-27-25(32)20-13-23(18-10-7-6-8-11-18)30-24-22(20)15-28-31(24)16(2)3/h6-8,10-13,15-16H,5,9,14H2,1-4H3,(H,27,32)(H,29,33). The molecule has 4 aromatic rings. The minimum absolute atomic E-state index is 0.0969. The Bertz CT molecular complexity index is 1350. The summed E-state index contributed by atoms with van der Waals surface area (Å²) in [7, 11) is 0.